The maximum absolute atomic E-state index is 13.9. The summed E-state index contributed by atoms with van der Waals surface area (Å²) >= 11 is 6.09. The molecule has 0 unspecified atom stereocenters. The fraction of sp³-hybridized carbons (Fsp3) is 0.478. The molecule has 0 bridgehead atoms. The molecule has 0 spiro atoms. The van der Waals surface area contributed by atoms with Crippen molar-refractivity contribution in [2.24, 2.45) is 5.73 Å². The quantitative estimate of drug-likeness (QED) is 0.784. The minimum atomic E-state index is -0.600. The minimum absolute atomic E-state index is 0.0282. The van der Waals surface area contributed by atoms with Gasteiger partial charge in [0.25, 0.3) is 5.91 Å². The molecule has 31 heavy (non-hydrogen) atoms. The summed E-state index contributed by atoms with van der Waals surface area (Å²) in [6.07, 6.45) is 4.57. The number of primary amides is 1. The van der Waals surface area contributed by atoms with E-state index >= 15 is 0 Å². The molecular weight excluding hydrogens is 416 g/mol. The predicted octanol–water partition coefficient (Wildman–Crippen LogP) is 2.99. The van der Waals surface area contributed by atoms with Gasteiger partial charge in [-0.05, 0) is 50.3 Å². The van der Waals surface area contributed by atoms with Crippen molar-refractivity contribution in [3.05, 3.63) is 58.1 Å². The topological polar surface area (TPSA) is 98.4 Å². The number of likely N-dealkylation sites (tertiary alicyclic amines) is 1. The minimum Gasteiger partial charge on any atom is -0.381 e. The first-order chi connectivity index (χ1) is 14.9. The number of nitrogens with two attached hydrogens (primary N) is 1. The van der Waals surface area contributed by atoms with Gasteiger partial charge < -0.3 is 15.4 Å². The summed E-state index contributed by atoms with van der Waals surface area (Å²) in [4.78, 5) is 36.2. The Morgan fingerprint density at radius 1 is 1.23 bits per heavy atom. The molecule has 0 radical (unpaired) electrons. The standard InChI is InChI=1S/C23H27ClN4O3/c1-15-19(20(25)29)13-26-21(27-15)16-3-2-10-28(14-16)22(30)23(8-11-31-12-9-23)17-4-6-18(24)7-5-17/h4-7,13,16H,2-3,8-12,14H2,1H3,(H2,25,29)/t16-/m1/s1. The Labute approximate surface area is 186 Å². The van der Waals surface area contributed by atoms with Gasteiger partial charge in [0.2, 0.25) is 5.91 Å². The Morgan fingerprint density at radius 3 is 2.58 bits per heavy atom. The number of rotatable bonds is 4. The summed E-state index contributed by atoms with van der Waals surface area (Å²) < 4.78 is 5.59. The second-order valence-electron chi connectivity index (χ2n) is 8.38. The van der Waals surface area contributed by atoms with Gasteiger partial charge in [-0.3, -0.25) is 9.59 Å². The van der Waals surface area contributed by atoms with Crippen molar-refractivity contribution in [2.75, 3.05) is 26.3 Å². The van der Waals surface area contributed by atoms with Gasteiger partial charge in [0, 0.05) is 43.4 Å². The molecule has 4 rings (SSSR count). The number of carbonyl (C=O) groups excluding carboxylic acids is 2. The van der Waals surface area contributed by atoms with Crippen molar-refractivity contribution in [3.63, 3.8) is 0 Å². The van der Waals surface area contributed by atoms with E-state index in [-0.39, 0.29) is 11.8 Å². The van der Waals surface area contributed by atoms with Crippen LogP contribution in [0.1, 0.15) is 59.0 Å². The first kappa shape index (κ1) is 21.7. The van der Waals surface area contributed by atoms with Gasteiger partial charge in [-0.25, -0.2) is 9.97 Å². The number of halogens is 1. The molecule has 1 aromatic carbocycles. The summed E-state index contributed by atoms with van der Waals surface area (Å²) in [7, 11) is 0. The maximum Gasteiger partial charge on any atom is 0.252 e. The van der Waals surface area contributed by atoms with E-state index in [4.69, 9.17) is 22.1 Å². The maximum atomic E-state index is 13.9. The van der Waals surface area contributed by atoms with Gasteiger partial charge in [-0.1, -0.05) is 23.7 Å². The van der Waals surface area contributed by atoms with E-state index in [1.54, 1.807) is 6.92 Å². The summed E-state index contributed by atoms with van der Waals surface area (Å²) in [5.41, 5.74) is 6.67. The van der Waals surface area contributed by atoms with E-state index in [2.05, 4.69) is 9.97 Å². The number of amides is 2. The normalized spacial score (nSPS) is 21.0. The van der Waals surface area contributed by atoms with E-state index in [9.17, 15) is 9.59 Å². The van der Waals surface area contributed by atoms with E-state index < -0.39 is 11.3 Å². The smallest absolute Gasteiger partial charge is 0.252 e. The molecule has 3 heterocycles. The van der Waals surface area contributed by atoms with Crippen LogP contribution in [0.4, 0.5) is 0 Å². The first-order valence-corrected chi connectivity index (χ1v) is 11.0. The average molecular weight is 443 g/mol. The fourth-order valence-electron chi connectivity index (χ4n) is 4.71. The molecule has 2 fully saturated rings. The average Bonchev–Trinajstić information content (AvgIpc) is 2.79. The zero-order chi connectivity index (χ0) is 22.0. The zero-order valence-electron chi connectivity index (χ0n) is 17.6. The molecule has 1 atom stereocenters. The highest BCUT2D eigenvalue weighted by Gasteiger charge is 2.45. The van der Waals surface area contributed by atoms with E-state index in [0.29, 0.717) is 61.2 Å². The van der Waals surface area contributed by atoms with Gasteiger partial charge in [-0.15, -0.1) is 0 Å². The van der Waals surface area contributed by atoms with Crippen LogP contribution in [0, 0.1) is 6.92 Å². The summed E-state index contributed by atoms with van der Waals surface area (Å²) in [5.74, 6) is 0.287. The van der Waals surface area contributed by atoms with Crippen molar-refractivity contribution in [2.45, 2.75) is 43.9 Å². The molecule has 2 aliphatic rings. The Kier molecular flexibility index (Phi) is 6.25. The molecular formula is C23H27ClN4O3. The molecule has 2 N–H and O–H groups in total. The molecule has 164 valence electrons. The van der Waals surface area contributed by atoms with Crippen molar-refractivity contribution < 1.29 is 14.3 Å². The largest absolute Gasteiger partial charge is 0.381 e. The van der Waals surface area contributed by atoms with Crippen molar-refractivity contribution >= 4 is 23.4 Å². The monoisotopic (exact) mass is 442 g/mol. The first-order valence-electron chi connectivity index (χ1n) is 10.7. The highest BCUT2D eigenvalue weighted by atomic mass is 35.5. The van der Waals surface area contributed by atoms with Gasteiger partial charge in [-0.2, -0.15) is 0 Å². The predicted molar refractivity (Wildman–Crippen MR) is 117 cm³/mol. The lowest BCUT2D eigenvalue weighted by molar-refractivity contribution is -0.142. The molecule has 1 aromatic heterocycles. The van der Waals surface area contributed by atoms with Crippen LogP contribution in [-0.4, -0.2) is 53.0 Å². The number of nitrogens with zero attached hydrogens (tertiary/aromatic N) is 3. The Morgan fingerprint density at radius 2 is 1.94 bits per heavy atom. The lowest BCUT2D eigenvalue weighted by atomic mass is 9.72. The van der Waals surface area contributed by atoms with Crippen LogP contribution in [0.15, 0.2) is 30.5 Å². The van der Waals surface area contributed by atoms with Crippen LogP contribution < -0.4 is 5.73 Å². The van der Waals surface area contributed by atoms with Crippen LogP contribution in [0.3, 0.4) is 0 Å². The highest BCUT2D eigenvalue weighted by molar-refractivity contribution is 6.30. The third-order valence-electron chi connectivity index (χ3n) is 6.49. The van der Waals surface area contributed by atoms with Crippen LogP contribution >= 0.6 is 11.6 Å². The molecule has 8 heteroatoms. The van der Waals surface area contributed by atoms with Crippen LogP contribution in [0.5, 0.6) is 0 Å². The van der Waals surface area contributed by atoms with E-state index in [1.807, 2.05) is 29.2 Å². The van der Waals surface area contributed by atoms with Crippen molar-refractivity contribution in [3.8, 4) is 0 Å². The van der Waals surface area contributed by atoms with Crippen molar-refractivity contribution in [1.29, 1.82) is 0 Å². The number of carbonyl (C=O) groups is 2. The lowest BCUT2D eigenvalue weighted by Crippen LogP contribution is -2.52. The Hall–Kier alpha value is -2.51. The number of hydrogen-bond donors (Lipinski definition) is 1. The van der Waals surface area contributed by atoms with Gasteiger partial charge in [0.15, 0.2) is 0 Å². The molecule has 2 aromatic rings. The summed E-state index contributed by atoms with van der Waals surface area (Å²) in [5, 5.41) is 0.656. The number of ether oxygens (including phenoxy) is 1. The third kappa shape index (κ3) is 4.29. The fourth-order valence-corrected chi connectivity index (χ4v) is 4.84. The molecule has 0 aliphatic carbocycles. The Balaban J connectivity index is 1.59. The third-order valence-corrected chi connectivity index (χ3v) is 6.74. The molecule has 2 saturated heterocycles. The van der Waals surface area contributed by atoms with E-state index in [0.717, 1.165) is 18.4 Å². The van der Waals surface area contributed by atoms with Gasteiger partial charge in [0.1, 0.15) is 5.82 Å². The lowest BCUT2D eigenvalue weighted by Gasteiger charge is -2.42. The number of aromatic nitrogens is 2. The van der Waals surface area contributed by atoms with Gasteiger partial charge >= 0.3 is 0 Å². The number of benzene rings is 1. The highest BCUT2D eigenvalue weighted by Crippen LogP contribution is 2.39. The van der Waals surface area contributed by atoms with Crippen LogP contribution in [0.25, 0.3) is 0 Å². The SMILES string of the molecule is Cc1nc([C@@H]2CCCN(C(=O)C3(c4ccc(Cl)cc4)CCOCC3)C2)ncc1C(N)=O. The Bertz CT molecular complexity index is 973. The molecule has 7 nitrogen and oxygen atoms in total. The number of hydrogen-bond acceptors (Lipinski definition) is 5. The van der Waals surface area contributed by atoms with Crippen LogP contribution in [0.2, 0.25) is 5.02 Å². The summed E-state index contributed by atoms with van der Waals surface area (Å²) in [6.45, 7) is 4.15. The van der Waals surface area contributed by atoms with Crippen LogP contribution in [-0.2, 0) is 14.9 Å². The summed E-state index contributed by atoms with van der Waals surface area (Å²) in [6, 6.07) is 7.61. The number of piperidine rings is 1. The van der Waals surface area contributed by atoms with E-state index in [1.165, 1.54) is 6.20 Å². The second-order valence-corrected chi connectivity index (χ2v) is 8.82. The second kappa shape index (κ2) is 8.93. The number of aryl methyl sites for hydroxylation is 1. The molecule has 2 amide bonds. The molecule has 0 saturated carbocycles. The molecule has 2 aliphatic heterocycles. The van der Waals surface area contributed by atoms with Gasteiger partial charge in [0.05, 0.1) is 16.7 Å². The zero-order valence-corrected chi connectivity index (χ0v) is 18.4. The van der Waals surface area contributed by atoms with Crippen molar-refractivity contribution in [1.82, 2.24) is 14.9 Å².